The third-order valence-electron chi connectivity index (χ3n) is 2.68. The van der Waals surface area contributed by atoms with Gasteiger partial charge in [0.15, 0.2) is 17.3 Å². The monoisotopic (exact) mass is 293 g/mol. The Kier molecular flexibility index (Phi) is 3.93. The molecule has 0 aromatic heterocycles. The van der Waals surface area contributed by atoms with E-state index in [1.54, 1.807) is 0 Å². The summed E-state index contributed by atoms with van der Waals surface area (Å²) in [5.74, 6) is -2.48. The van der Waals surface area contributed by atoms with Gasteiger partial charge < -0.3 is 4.74 Å². The standard InChI is InChI=1S/C14H9F2NO4/c1-8(18)9-2-5-14(12(16)6-9)21-10-3-4-13(17(19)20)11(15)7-10/h2-7H,1H3. The predicted molar refractivity (Wildman–Crippen MR) is 69.5 cm³/mol. The van der Waals surface area contributed by atoms with Crippen molar-refractivity contribution in [2.24, 2.45) is 0 Å². The van der Waals surface area contributed by atoms with Crippen molar-refractivity contribution in [3.63, 3.8) is 0 Å². The minimum atomic E-state index is -1.08. The maximum Gasteiger partial charge on any atom is 0.305 e. The van der Waals surface area contributed by atoms with Gasteiger partial charge in [0, 0.05) is 17.7 Å². The van der Waals surface area contributed by atoms with Gasteiger partial charge in [-0.15, -0.1) is 0 Å². The summed E-state index contributed by atoms with van der Waals surface area (Å²) in [6.07, 6.45) is 0. The molecular weight excluding hydrogens is 284 g/mol. The topological polar surface area (TPSA) is 69.4 Å². The largest absolute Gasteiger partial charge is 0.454 e. The first-order valence-electron chi connectivity index (χ1n) is 5.81. The smallest absolute Gasteiger partial charge is 0.305 e. The zero-order chi connectivity index (χ0) is 15.6. The van der Waals surface area contributed by atoms with Crippen molar-refractivity contribution in [2.75, 3.05) is 0 Å². The van der Waals surface area contributed by atoms with Crippen LogP contribution in [0.3, 0.4) is 0 Å². The van der Waals surface area contributed by atoms with Gasteiger partial charge in [-0.2, -0.15) is 4.39 Å². The second-order valence-corrected chi connectivity index (χ2v) is 4.17. The zero-order valence-electron chi connectivity index (χ0n) is 10.8. The van der Waals surface area contributed by atoms with Gasteiger partial charge in [0.05, 0.1) is 4.92 Å². The second-order valence-electron chi connectivity index (χ2n) is 4.17. The molecule has 2 rings (SSSR count). The second kappa shape index (κ2) is 5.66. The van der Waals surface area contributed by atoms with E-state index in [1.807, 2.05) is 0 Å². The SMILES string of the molecule is CC(=O)c1ccc(Oc2ccc([N+](=O)[O-])c(F)c2)c(F)c1. The lowest BCUT2D eigenvalue weighted by Crippen LogP contribution is -1.96. The number of rotatable bonds is 4. The third kappa shape index (κ3) is 3.19. The Labute approximate surface area is 117 Å². The molecule has 2 aromatic rings. The molecule has 0 radical (unpaired) electrons. The summed E-state index contributed by atoms with van der Waals surface area (Å²) in [6, 6.07) is 6.45. The first kappa shape index (κ1) is 14.6. The number of nitro benzene ring substituents is 1. The lowest BCUT2D eigenvalue weighted by Gasteiger charge is -2.07. The number of halogens is 2. The Balaban J connectivity index is 2.28. The van der Waals surface area contributed by atoms with Gasteiger partial charge in [-0.05, 0) is 31.2 Å². The molecule has 0 bridgehead atoms. The number of ketones is 1. The number of hydrogen-bond donors (Lipinski definition) is 0. The molecule has 108 valence electrons. The fraction of sp³-hybridized carbons (Fsp3) is 0.0714. The molecule has 0 amide bonds. The first-order chi connectivity index (χ1) is 9.88. The summed E-state index contributed by atoms with van der Waals surface area (Å²) < 4.78 is 32.2. The number of benzene rings is 2. The van der Waals surface area contributed by atoms with Crippen molar-refractivity contribution < 1.29 is 23.2 Å². The molecule has 0 unspecified atom stereocenters. The molecular formula is C14H9F2NO4. The van der Waals surface area contributed by atoms with Gasteiger partial charge in [0.1, 0.15) is 5.75 Å². The van der Waals surface area contributed by atoms with Crippen LogP contribution in [-0.2, 0) is 0 Å². The number of hydrogen-bond acceptors (Lipinski definition) is 4. The predicted octanol–water partition coefficient (Wildman–Crippen LogP) is 3.87. The Morgan fingerprint density at radius 1 is 1.14 bits per heavy atom. The Bertz CT molecular complexity index is 731. The molecule has 0 saturated carbocycles. The summed E-state index contributed by atoms with van der Waals surface area (Å²) >= 11 is 0. The van der Waals surface area contributed by atoms with Crippen LogP contribution in [0.1, 0.15) is 17.3 Å². The Morgan fingerprint density at radius 3 is 2.38 bits per heavy atom. The fourth-order valence-corrected chi connectivity index (χ4v) is 1.63. The third-order valence-corrected chi connectivity index (χ3v) is 2.68. The highest BCUT2D eigenvalue weighted by molar-refractivity contribution is 5.94. The van der Waals surface area contributed by atoms with Crippen molar-refractivity contribution >= 4 is 11.5 Å². The fourth-order valence-electron chi connectivity index (χ4n) is 1.63. The van der Waals surface area contributed by atoms with Gasteiger partial charge in [-0.25, -0.2) is 4.39 Å². The quantitative estimate of drug-likeness (QED) is 0.487. The van der Waals surface area contributed by atoms with E-state index in [0.29, 0.717) is 0 Å². The van der Waals surface area contributed by atoms with Gasteiger partial charge in [-0.3, -0.25) is 14.9 Å². The molecule has 0 aliphatic heterocycles. The summed E-state index contributed by atoms with van der Waals surface area (Å²) in [4.78, 5) is 20.7. The van der Waals surface area contributed by atoms with E-state index >= 15 is 0 Å². The summed E-state index contributed by atoms with van der Waals surface area (Å²) in [7, 11) is 0. The van der Waals surface area contributed by atoms with Gasteiger partial charge in [0.25, 0.3) is 0 Å². The highest BCUT2D eigenvalue weighted by atomic mass is 19.1. The lowest BCUT2D eigenvalue weighted by atomic mass is 10.1. The van der Waals surface area contributed by atoms with Crippen LogP contribution in [0, 0.1) is 21.7 Å². The van der Waals surface area contributed by atoms with Crippen LogP contribution in [0.15, 0.2) is 36.4 Å². The highest BCUT2D eigenvalue weighted by Crippen LogP contribution is 2.28. The van der Waals surface area contributed by atoms with Crippen molar-refractivity contribution in [1.29, 1.82) is 0 Å². The molecule has 0 heterocycles. The molecule has 0 spiro atoms. The van der Waals surface area contributed by atoms with Crippen LogP contribution in [0.2, 0.25) is 0 Å². The number of Topliss-reactive ketones (excluding diaryl/α,β-unsaturated/α-hetero) is 1. The number of carbonyl (C=O) groups is 1. The number of nitrogens with zero attached hydrogens (tertiary/aromatic N) is 1. The molecule has 5 nitrogen and oxygen atoms in total. The van der Waals surface area contributed by atoms with Crippen LogP contribution in [-0.4, -0.2) is 10.7 Å². The molecule has 0 aliphatic carbocycles. The van der Waals surface area contributed by atoms with E-state index in [2.05, 4.69) is 0 Å². The first-order valence-corrected chi connectivity index (χ1v) is 5.81. The van der Waals surface area contributed by atoms with Gasteiger partial charge >= 0.3 is 5.69 Å². The molecule has 0 saturated heterocycles. The van der Waals surface area contributed by atoms with Crippen molar-refractivity contribution in [3.8, 4) is 11.5 Å². The molecule has 2 aromatic carbocycles. The highest BCUT2D eigenvalue weighted by Gasteiger charge is 2.15. The van der Waals surface area contributed by atoms with E-state index in [1.165, 1.54) is 19.1 Å². The van der Waals surface area contributed by atoms with Crippen LogP contribution < -0.4 is 4.74 Å². The van der Waals surface area contributed by atoms with Crippen molar-refractivity contribution in [2.45, 2.75) is 6.92 Å². The maximum atomic E-state index is 13.7. The molecule has 7 heteroatoms. The van der Waals surface area contributed by atoms with Gasteiger partial charge in [0.2, 0.25) is 5.82 Å². The van der Waals surface area contributed by atoms with Crippen LogP contribution in [0.5, 0.6) is 11.5 Å². The van der Waals surface area contributed by atoms with E-state index in [0.717, 1.165) is 24.3 Å². The van der Waals surface area contributed by atoms with Crippen molar-refractivity contribution in [3.05, 3.63) is 63.7 Å². The summed E-state index contributed by atoms with van der Waals surface area (Å²) in [6.45, 7) is 1.29. The lowest BCUT2D eigenvalue weighted by molar-refractivity contribution is -0.387. The molecule has 0 atom stereocenters. The molecule has 0 aliphatic rings. The minimum absolute atomic E-state index is 0.0902. The van der Waals surface area contributed by atoms with Crippen LogP contribution in [0.4, 0.5) is 14.5 Å². The number of carbonyl (C=O) groups excluding carboxylic acids is 1. The Hall–Kier alpha value is -2.83. The van der Waals surface area contributed by atoms with Crippen LogP contribution >= 0.6 is 0 Å². The zero-order valence-corrected chi connectivity index (χ0v) is 10.8. The van der Waals surface area contributed by atoms with Gasteiger partial charge in [-0.1, -0.05) is 0 Å². The van der Waals surface area contributed by atoms with Crippen molar-refractivity contribution in [1.82, 2.24) is 0 Å². The normalized spacial score (nSPS) is 10.2. The maximum absolute atomic E-state index is 13.7. The minimum Gasteiger partial charge on any atom is -0.454 e. The number of nitro groups is 1. The van der Waals surface area contributed by atoms with E-state index < -0.39 is 22.2 Å². The molecule has 0 fully saturated rings. The van der Waals surface area contributed by atoms with E-state index in [4.69, 9.17) is 4.74 Å². The molecule has 21 heavy (non-hydrogen) atoms. The average molecular weight is 293 g/mol. The average Bonchev–Trinajstić information content (AvgIpc) is 2.40. The summed E-state index contributed by atoms with van der Waals surface area (Å²) in [5.41, 5.74) is -0.524. The summed E-state index contributed by atoms with van der Waals surface area (Å²) in [5, 5.41) is 10.5. The van der Waals surface area contributed by atoms with E-state index in [-0.39, 0.29) is 22.8 Å². The Morgan fingerprint density at radius 2 is 1.86 bits per heavy atom. The number of ether oxygens (including phenoxy) is 1. The van der Waals surface area contributed by atoms with E-state index in [9.17, 15) is 23.7 Å². The van der Waals surface area contributed by atoms with Crippen LogP contribution in [0.25, 0.3) is 0 Å². The molecule has 0 N–H and O–H groups in total.